The largest absolute Gasteiger partial charge is 0.464 e. The Kier molecular flexibility index (Phi) is 8.44. The van der Waals surface area contributed by atoms with Crippen molar-refractivity contribution in [3.8, 4) is 0 Å². The second kappa shape index (κ2) is 9.83. The Morgan fingerprint density at radius 2 is 2.00 bits per heavy atom. The van der Waals surface area contributed by atoms with E-state index in [2.05, 4.69) is 0 Å². The fourth-order valence-electron chi connectivity index (χ4n) is 1.88. The van der Waals surface area contributed by atoms with Gasteiger partial charge in [0, 0.05) is 6.61 Å². The molecule has 0 radical (unpaired) electrons. The summed E-state index contributed by atoms with van der Waals surface area (Å²) in [5, 5.41) is 0. The van der Waals surface area contributed by atoms with Gasteiger partial charge in [0.2, 0.25) is 0 Å². The highest BCUT2D eigenvalue weighted by Gasteiger charge is 2.44. The lowest BCUT2D eigenvalue weighted by atomic mass is 10.1. The van der Waals surface area contributed by atoms with Crippen LogP contribution < -0.4 is 0 Å². The molecule has 1 aliphatic heterocycles. The summed E-state index contributed by atoms with van der Waals surface area (Å²) in [4.78, 5) is 22.5. The van der Waals surface area contributed by atoms with Gasteiger partial charge in [-0.2, -0.15) is 0 Å². The second-order valence-corrected chi connectivity index (χ2v) is 4.57. The van der Waals surface area contributed by atoms with Gasteiger partial charge in [0.15, 0.2) is 18.7 Å². The number of hydrogen-bond acceptors (Lipinski definition) is 7. The first kappa shape index (κ1) is 18.0. The van der Waals surface area contributed by atoms with E-state index in [0.29, 0.717) is 12.9 Å². The van der Waals surface area contributed by atoms with Gasteiger partial charge in [0.25, 0.3) is 0 Å². The number of carbonyl (C=O) groups excluding carboxylic acids is 2. The summed E-state index contributed by atoms with van der Waals surface area (Å²) >= 11 is 0. The molecule has 1 fully saturated rings. The first-order valence-corrected chi connectivity index (χ1v) is 7.28. The summed E-state index contributed by atoms with van der Waals surface area (Å²) in [5.74, 6) is -0.590. The molecular weight excluding hydrogens is 280 g/mol. The number of ether oxygens (including phenoxy) is 5. The first-order valence-electron chi connectivity index (χ1n) is 7.28. The van der Waals surface area contributed by atoms with E-state index in [4.69, 9.17) is 23.7 Å². The Morgan fingerprint density at radius 1 is 1.29 bits per heavy atom. The standard InChI is InChI=1S/C14H24O7/c1-4-6-8-18-12(14-20-10(3)21-14)11(19-9-7-15)13(16)17-5-2/h7,10-12,14H,4-6,8-9H2,1-3H3/t10?,11-,12-,14?/m1/s1. The summed E-state index contributed by atoms with van der Waals surface area (Å²) in [6.07, 6.45) is -0.493. The van der Waals surface area contributed by atoms with E-state index in [9.17, 15) is 9.59 Å². The predicted octanol–water partition coefficient (Wildman–Crippen LogP) is 1.04. The molecule has 0 amide bonds. The maximum Gasteiger partial charge on any atom is 0.338 e. The number of esters is 1. The third-order valence-electron chi connectivity index (χ3n) is 2.89. The lowest BCUT2D eigenvalue weighted by molar-refractivity contribution is -0.408. The molecule has 0 aromatic heterocycles. The van der Waals surface area contributed by atoms with Gasteiger partial charge >= 0.3 is 5.97 Å². The summed E-state index contributed by atoms with van der Waals surface area (Å²) in [5.41, 5.74) is 0. The molecule has 7 nitrogen and oxygen atoms in total. The molecule has 1 saturated heterocycles. The minimum Gasteiger partial charge on any atom is -0.464 e. The van der Waals surface area contributed by atoms with Crippen LogP contribution in [0.15, 0.2) is 0 Å². The Morgan fingerprint density at radius 3 is 2.52 bits per heavy atom. The molecule has 0 aromatic rings. The van der Waals surface area contributed by atoms with Gasteiger partial charge in [-0.25, -0.2) is 4.79 Å². The molecule has 21 heavy (non-hydrogen) atoms. The van der Waals surface area contributed by atoms with Crippen LogP contribution in [0.2, 0.25) is 0 Å². The summed E-state index contributed by atoms with van der Waals surface area (Å²) < 4.78 is 26.7. The van der Waals surface area contributed by atoms with Crippen LogP contribution in [0.3, 0.4) is 0 Å². The van der Waals surface area contributed by atoms with E-state index in [1.165, 1.54) is 0 Å². The van der Waals surface area contributed by atoms with Crippen molar-refractivity contribution >= 4 is 12.3 Å². The molecule has 122 valence electrons. The Hall–Kier alpha value is -1.02. The van der Waals surface area contributed by atoms with Gasteiger partial charge in [-0.1, -0.05) is 13.3 Å². The summed E-state index contributed by atoms with van der Waals surface area (Å²) in [6, 6.07) is 0. The van der Waals surface area contributed by atoms with Crippen LogP contribution in [0.25, 0.3) is 0 Å². The molecule has 0 aromatic carbocycles. The molecular formula is C14H24O7. The minimum absolute atomic E-state index is 0.213. The van der Waals surface area contributed by atoms with E-state index in [0.717, 1.165) is 12.8 Å². The average molecular weight is 304 g/mol. The molecule has 0 N–H and O–H groups in total. The predicted molar refractivity (Wildman–Crippen MR) is 72.5 cm³/mol. The Balaban J connectivity index is 2.71. The minimum atomic E-state index is -1.05. The van der Waals surface area contributed by atoms with Crippen LogP contribution in [0.1, 0.15) is 33.6 Å². The van der Waals surface area contributed by atoms with Crippen molar-refractivity contribution in [3.63, 3.8) is 0 Å². The highest BCUT2D eigenvalue weighted by molar-refractivity contribution is 5.75. The van der Waals surface area contributed by atoms with E-state index in [1.54, 1.807) is 13.8 Å². The fourth-order valence-corrected chi connectivity index (χ4v) is 1.88. The Bertz CT molecular complexity index is 314. The maximum atomic E-state index is 12.0. The Labute approximate surface area is 124 Å². The van der Waals surface area contributed by atoms with Crippen LogP contribution in [-0.2, 0) is 33.3 Å². The third kappa shape index (κ3) is 5.70. The fraction of sp³-hybridized carbons (Fsp3) is 0.857. The first-order chi connectivity index (χ1) is 10.1. The van der Waals surface area contributed by atoms with Crippen LogP contribution in [0, 0.1) is 0 Å². The van der Waals surface area contributed by atoms with Crippen LogP contribution in [0.5, 0.6) is 0 Å². The van der Waals surface area contributed by atoms with E-state index >= 15 is 0 Å². The molecule has 0 saturated carbocycles. The van der Waals surface area contributed by atoms with Gasteiger partial charge in [0.1, 0.15) is 19.0 Å². The second-order valence-electron chi connectivity index (χ2n) is 4.57. The quantitative estimate of drug-likeness (QED) is 0.320. The zero-order chi connectivity index (χ0) is 15.7. The zero-order valence-corrected chi connectivity index (χ0v) is 12.8. The van der Waals surface area contributed by atoms with Crippen LogP contribution in [0.4, 0.5) is 0 Å². The highest BCUT2D eigenvalue weighted by atomic mass is 16.9. The van der Waals surface area contributed by atoms with Crippen molar-refractivity contribution in [3.05, 3.63) is 0 Å². The highest BCUT2D eigenvalue weighted by Crippen LogP contribution is 2.25. The van der Waals surface area contributed by atoms with E-state index in [1.807, 2.05) is 6.92 Å². The van der Waals surface area contributed by atoms with Crippen molar-refractivity contribution in [2.45, 2.75) is 58.4 Å². The SMILES string of the molecule is CCCCO[C@@H](C1OC(C)O1)[C@@H](OCC=O)C(=O)OCC. The van der Waals surface area contributed by atoms with Crippen molar-refractivity contribution < 1.29 is 33.3 Å². The number of aldehydes is 1. The van der Waals surface area contributed by atoms with Crippen molar-refractivity contribution in [2.24, 2.45) is 0 Å². The zero-order valence-electron chi connectivity index (χ0n) is 12.8. The molecule has 1 rings (SSSR count). The smallest absolute Gasteiger partial charge is 0.338 e. The topological polar surface area (TPSA) is 80.3 Å². The molecule has 2 atom stereocenters. The van der Waals surface area contributed by atoms with Crippen LogP contribution in [-0.4, -0.2) is 56.9 Å². The lowest BCUT2D eigenvalue weighted by Gasteiger charge is -2.40. The van der Waals surface area contributed by atoms with E-state index < -0.39 is 24.5 Å². The van der Waals surface area contributed by atoms with Gasteiger partial charge in [-0.3, -0.25) is 0 Å². The van der Waals surface area contributed by atoms with Gasteiger partial charge in [-0.05, 0) is 20.3 Å². The maximum absolute atomic E-state index is 12.0. The van der Waals surface area contributed by atoms with Gasteiger partial charge in [-0.15, -0.1) is 0 Å². The average Bonchev–Trinajstić information content (AvgIpc) is 2.43. The number of rotatable bonds is 11. The molecule has 1 heterocycles. The lowest BCUT2D eigenvalue weighted by Crippen LogP contribution is -2.55. The monoisotopic (exact) mass is 304 g/mol. The molecule has 7 heteroatoms. The normalized spacial score (nSPS) is 24.0. The molecule has 0 aliphatic carbocycles. The van der Waals surface area contributed by atoms with Crippen molar-refractivity contribution in [2.75, 3.05) is 19.8 Å². The van der Waals surface area contributed by atoms with E-state index in [-0.39, 0.29) is 19.5 Å². The van der Waals surface area contributed by atoms with Gasteiger partial charge < -0.3 is 28.5 Å². The number of unbranched alkanes of at least 4 members (excludes halogenated alkanes) is 1. The molecule has 0 bridgehead atoms. The molecule has 0 unspecified atom stereocenters. The summed E-state index contributed by atoms with van der Waals surface area (Å²) in [7, 11) is 0. The van der Waals surface area contributed by atoms with Crippen molar-refractivity contribution in [1.82, 2.24) is 0 Å². The molecule has 1 aliphatic rings. The third-order valence-corrected chi connectivity index (χ3v) is 2.89. The number of hydrogen-bond donors (Lipinski definition) is 0. The van der Waals surface area contributed by atoms with Crippen LogP contribution >= 0.6 is 0 Å². The van der Waals surface area contributed by atoms with Gasteiger partial charge in [0.05, 0.1) is 6.61 Å². The van der Waals surface area contributed by atoms with Crippen molar-refractivity contribution in [1.29, 1.82) is 0 Å². The molecule has 0 spiro atoms. The number of carbonyl (C=O) groups is 2. The summed E-state index contributed by atoms with van der Waals surface area (Å²) in [6.45, 7) is 5.90.